The van der Waals surface area contributed by atoms with E-state index >= 15 is 0 Å². The molecule has 3 nitrogen and oxygen atoms in total. The standard InChI is InChI=1S/C14H13NO2S/c1-8-13(9(2)16)18-14(15-8)11-7-17-12-6-4-3-5-10(11)12/h3-7,9,16H,1-2H3. The summed E-state index contributed by atoms with van der Waals surface area (Å²) in [7, 11) is 0. The van der Waals surface area contributed by atoms with Crippen LogP contribution in [0.25, 0.3) is 21.5 Å². The van der Waals surface area contributed by atoms with Gasteiger partial charge in [-0.05, 0) is 19.9 Å². The van der Waals surface area contributed by atoms with Crippen molar-refractivity contribution in [3.05, 3.63) is 41.1 Å². The van der Waals surface area contributed by atoms with Crippen molar-refractivity contribution in [2.75, 3.05) is 0 Å². The van der Waals surface area contributed by atoms with Crippen LogP contribution in [0.4, 0.5) is 0 Å². The van der Waals surface area contributed by atoms with Gasteiger partial charge in [-0.1, -0.05) is 18.2 Å². The lowest BCUT2D eigenvalue weighted by molar-refractivity contribution is 0.202. The van der Waals surface area contributed by atoms with Crippen molar-refractivity contribution in [3.8, 4) is 10.6 Å². The van der Waals surface area contributed by atoms with Gasteiger partial charge in [-0.3, -0.25) is 0 Å². The van der Waals surface area contributed by atoms with E-state index < -0.39 is 6.10 Å². The topological polar surface area (TPSA) is 46.3 Å². The van der Waals surface area contributed by atoms with Crippen molar-refractivity contribution in [1.29, 1.82) is 0 Å². The van der Waals surface area contributed by atoms with Gasteiger partial charge in [0.15, 0.2) is 0 Å². The Kier molecular flexibility index (Phi) is 2.69. The molecule has 2 aromatic heterocycles. The number of aliphatic hydroxyl groups is 1. The number of aliphatic hydroxyl groups excluding tert-OH is 1. The molecule has 0 saturated heterocycles. The fraction of sp³-hybridized carbons (Fsp3) is 0.214. The molecular formula is C14H13NO2S. The highest BCUT2D eigenvalue weighted by molar-refractivity contribution is 7.15. The van der Waals surface area contributed by atoms with Crippen molar-refractivity contribution >= 4 is 22.3 Å². The van der Waals surface area contributed by atoms with Gasteiger partial charge in [-0.2, -0.15) is 0 Å². The number of thiazole rings is 1. The summed E-state index contributed by atoms with van der Waals surface area (Å²) in [5, 5.41) is 11.6. The molecule has 0 radical (unpaired) electrons. The van der Waals surface area contributed by atoms with E-state index in [1.165, 1.54) is 11.3 Å². The van der Waals surface area contributed by atoms with E-state index in [1.54, 1.807) is 13.2 Å². The summed E-state index contributed by atoms with van der Waals surface area (Å²) in [6.45, 7) is 3.68. The van der Waals surface area contributed by atoms with Crippen LogP contribution in [0.15, 0.2) is 34.9 Å². The maximum Gasteiger partial charge on any atom is 0.134 e. The third kappa shape index (κ3) is 1.74. The first-order chi connectivity index (χ1) is 8.66. The number of furan rings is 1. The number of hydrogen-bond donors (Lipinski definition) is 1. The van der Waals surface area contributed by atoms with E-state index in [9.17, 15) is 5.11 Å². The molecule has 1 atom stereocenters. The average molecular weight is 259 g/mol. The van der Waals surface area contributed by atoms with Gasteiger partial charge >= 0.3 is 0 Å². The summed E-state index contributed by atoms with van der Waals surface area (Å²) in [6.07, 6.45) is 1.25. The lowest BCUT2D eigenvalue weighted by Crippen LogP contribution is -1.88. The lowest BCUT2D eigenvalue weighted by Gasteiger charge is -1.98. The lowest BCUT2D eigenvalue weighted by atomic mass is 10.2. The van der Waals surface area contributed by atoms with Crippen molar-refractivity contribution in [1.82, 2.24) is 4.98 Å². The minimum absolute atomic E-state index is 0.477. The van der Waals surface area contributed by atoms with Crippen molar-refractivity contribution < 1.29 is 9.52 Å². The molecule has 0 amide bonds. The summed E-state index contributed by atoms with van der Waals surface area (Å²) in [4.78, 5) is 5.44. The molecule has 0 aliphatic carbocycles. The second kappa shape index (κ2) is 4.23. The first kappa shape index (κ1) is 11.4. The van der Waals surface area contributed by atoms with Gasteiger partial charge in [-0.25, -0.2) is 4.98 Å². The Bertz CT molecular complexity index is 697. The van der Waals surface area contributed by atoms with E-state index in [0.717, 1.165) is 32.1 Å². The largest absolute Gasteiger partial charge is 0.464 e. The quantitative estimate of drug-likeness (QED) is 0.758. The normalized spacial score (nSPS) is 13.1. The van der Waals surface area contributed by atoms with Crippen LogP contribution in [-0.4, -0.2) is 10.1 Å². The molecule has 0 aliphatic rings. The molecule has 1 N–H and O–H groups in total. The highest BCUT2D eigenvalue weighted by atomic mass is 32.1. The molecule has 0 saturated carbocycles. The minimum Gasteiger partial charge on any atom is -0.464 e. The van der Waals surface area contributed by atoms with Gasteiger partial charge in [0.25, 0.3) is 0 Å². The zero-order valence-electron chi connectivity index (χ0n) is 10.2. The molecule has 0 aliphatic heterocycles. The Morgan fingerprint density at radius 1 is 1.33 bits per heavy atom. The van der Waals surface area contributed by atoms with E-state index in [4.69, 9.17) is 4.42 Å². The smallest absolute Gasteiger partial charge is 0.134 e. The number of nitrogens with zero attached hydrogens (tertiary/aromatic N) is 1. The Morgan fingerprint density at radius 2 is 2.11 bits per heavy atom. The molecule has 0 bridgehead atoms. The Hall–Kier alpha value is -1.65. The molecule has 1 unspecified atom stereocenters. The van der Waals surface area contributed by atoms with Crippen molar-refractivity contribution in [3.63, 3.8) is 0 Å². The zero-order valence-corrected chi connectivity index (χ0v) is 11.0. The predicted molar refractivity (Wildman–Crippen MR) is 72.7 cm³/mol. The fourth-order valence-corrected chi connectivity index (χ4v) is 3.08. The summed E-state index contributed by atoms with van der Waals surface area (Å²) in [5.41, 5.74) is 2.74. The van der Waals surface area contributed by atoms with Gasteiger partial charge in [-0.15, -0.1) is 11.3 Å². The van der Waals surface area contributed by atoms with E-state index in [2.05, 4.69) is 4.98 Å². The fourth-order valence-electron chi connectivity index (χ4n) is 2.05. The molecule has 0 spiro atoms. The van der Waals surface area contributed by atoms with Crippen LogP contribution in [0.5, 0.6) is 0 Å². The highest BCUT2D eigenvalue weighted by Gasteiger charge is 2.16. The molecule has 1 aromatic carbocycles. The molecule has 0 fully saturated rings. The second-order valence-electron chi connectivity index (χ2n) is 4.29. The molecule has 3 rings (SSSR count). The first-order valence-corrected chi connectivity index (χ1v) is 6.60. The third-order valence-electron chi connectivity index (χ3n) is 2.92. The number of aromatic nitrogens is 1. The van der Waals surface area contributed by atoms with Crippen molar-refractivity contribution in [2.45, 2.75) is 20.0 Å². The monoisotopic (exact) mass is 259 g/mol. The van der Waals surface area contributed by atoms with Crippen LogP contribution in [0.1, 0.15) is 23.6 Å². The Morgan fingerprint density at radius 3 is 2.83 bits per heavy atom. The summed E-state index contributed by atoms with van der Waals surface area (Å²) in [6, 6.07) is 7.89. The van der Waals surface area contributed by atoms with E-state index in [1.807, 2.05) is 31.2 Å². The summed E-state index contributed by atoms with van der Waals surface area (Å²) < 4.78 is 5.52. The average Bonchev–Trinajstić information content (AvgIpc) is 2.92. The van der Waals surface area contributed by atoms with Gasteiger partial charge in [0.05, 0.1) is 22.2 Å². The van der Waals surface area contributed by atoms with E-state index in [0.29, 0.717) is 0 Å². The van der Waals surface area contributed by atoms with Crippen LogP contribution in [0, 0.1) is 6.92 Å². The number of hydrogen-bond acceptors (Lipinski definition) is 4. The Labute approximate surface area is 109 Å². The number of para-hydroxylation sites is 1. The number of rotatable bonds is 2. The van der Waals surface area contributed by atoms with E-state index in [-0.39, 0.29) is 0 Å². The van der Waals surface area contributed by atoms with Gasteiger partial charge in [0.1, 0.15) is 16.9 Å². The van der Waals surface area contributed by atoms with Crippen molar-refractivity contribution in [2.24, 2.45) is 0 Å². The molecule has 92 valence electrons. The van der Waals surface area contributed by atoms with Crippen LogP contribution in [-0.2, 0) is 0 Å². The molecule has 2 heterocycles. The molecule has 3 aromatic rings. The predicted octanol–water partition coefficient (Wildman–Crippen LogP) is 3.92. The SMILES string of the molecule is Cc1nc(-c2coc3ccccc23)sc1C(C)O. The first-order valence-electron chi connectivity index (χ1n) is 5.79. The van der Waals surface area contributed by atoms with Gasteiger partial charge in [0, 0.05) is 5.39 Å². The van der Waals surface area contributed by atoms with Crippen LogP contribution in [0.3, 0.4) is 0 Å². The number of benzene rings is 1. The van der Waals surface area contributed by atoms with Gasteiger partial charge < -0.3 is 9.52 Å². The molecular weight excluding hydrogens is 246 g/mol. The summed E-state index contributed by atoms with van der Waals surface area (Å²) >= 11 is 1.52. The number of aryl methyl sites for hydroxylation is 1. The van der Waals surface area contributed by atoms with Crippen LogP contribution < -0.4 is 0 Å². The van der Waals surface area contributed by atoms with Crippen LogP contribution >= 0.6 is 11.3 Å². The maximum absolute atomic E-state index is 9.68. The second-order valence-corrected chi connectivity index (χ2v) is 5.32. The van der Waals surface area contributed by atoms with Gasteiger partial charge in [0.2, 0.25) is 0 Å². The zero-order chi connectivity index (χ0) is 12.7. The molecule has 18 heavy (non-hydrogen) atoms. The maximum atomic E-state index is 9.68. The Balaban J connectivity index is 2.17. The highest BCUT2D eigenvalue weighted by Crippen LogP contribution is 2.36. The van der Waals surface area contributed by atoms with Crippen LogP contribution in [0.2, 0.25) is 0 Å². The third-order valence-corrected chi connectivity index (χ3v) is 4.28. The summed E-state index contributed by atoms with van der Waals surface area (Å²) in [5.74, 6) is 0. The minimum atomic E-state index is -0.477. The molecule has 4 heteroatoms. The number of fused-ring (bicyclic) bond motifs is 1.